The summed E-state index contributed by atoms with van der Waals surface area (Å²) in [5.74, 6) is 0.0548. The molecule has 1 aliphatic carbocycles. The molecule has 1 heterocycles. The lowest BCUT2D eigenvalue weighted by atomic mass is 10.1. The van der Waals surface area contributed by atoms with Gasteiger partial charge in [-0.1, -0.05) is 23.2 Å². The molecule has 3 nitrogen and oxygen atoms in total. The Morgan fingerprint density at radius 2 is 2.20 bits per heavy atom. The molecule has 3 rings (SSSR count). The number of hydrogen-bond donors (Lipinski definition) is 0. The van der Waals surface area contributed by atoms with Crippen molar-refractivity contribution >= 4 is 29.0 Å². The Morgan fingerprint density at radius 3 is 3.00 bits per heavy atom. The SMILES string of the molecule is O=C(CN1CCOC2CCCC21)c1ccc(Cl)cc1Cl. The predicted octanol–water partition coefficient (Wildman–Crippen LogP) is 3.43. The van der Waals surface area contributed by atoms with Crippen molar-refractivity contribution in [1.29, 1.82) is 0 Å². The predicted molar refractivity (Wildman–Crippen MR) is 79.7 cm³/mol. The third kappa shape index (κ3) is 2.86. The Morgan fingerprint density at radius 1 is 1.35 bits per heavy atom. The molecule has 1 aromatic carbocycles. The molecule has 2 atom stereocenters. The first-order chi connectivity index (χ1) is 9.65. The van der Waals surface area contributed by atoms with Crippen LogP contribution >= 0.6 is 23.2 Å². The molecule has 0 amide bonds. The lowest BCUT2D eigenvalue weighted by Gasteiger charge is -2.37. The molecule has 5 heteroatoms. The van der Waals surface area contributed by atoms with Crippen LogP contribution in [0.2, 0.25) is 10.0 Å². The Labute approximate surface area is 128 Å². The molecule has 108 valence electrons. The quantitative estimate of drug-likeness (QED) is 0.801. The Hall–Kier alpha value is -0.610. The van der Waals surface area contributed by atoms with Gasteiger partial charge in [-0.15, -0.1) is 0 Å². The van der Waals surface area contributed by atoms with Crippen LogP contribution in [0.5, 0.6) is 0 Å². The van der Waals surface area contributed by atoms with Crippen molar-refractivity contribution in [2.24, 2.45) is 0 Å². The van der Waals surface area contributed by atoms with E-state index in [-0.39, 0.29) is 5.78 Å². The zero-order valence-electron chi connectivity index (χ0n) is 11.1. The van der Waals surface area contributed by atoms with Crippen molar-refractivity contribution in [1.82, 2.24) is 4.90 Å². The molecule has 0 aromatic heterocycles. The second kappa shape index (κ2) is 6.02. The van der Waals surface area contributed by atoms with Gasteiger partial charge >= 0.3 is 0 Å². The van der Waals surface area contributed by atoms with Crippen LogP contribution in [0.1, 0.15) is 29.6 Å². The topological polar surface area (TPSA) is 29.5 Å². The van der Waals surface area contributed by atoms with Gasteiger partial charge in [0.25, 0.3) is 0 Å². The average molecular weight is 314 g/mol. The number of Topliss-reactive ketones (excluding diaryl/α,β-unsaturated/α-hetero) is 1. The van der Waals surface area contributed by atoms with Crippen LogP contribution in [0.15, 0.2) is 18.2 Å². The van der Waals surface area contributed by atoms with Gasteiger partial charge in [-0.2, -0.15) is 0 Å². The smallest absolute Gasteiger partial charge is 0.178 e. The van der Waals surface area contributed by atoms with Gasteiger partial charge in [-0.25, -0.2) is 0 Å². The van der Waals surface area contributed by atoms with Crippen LogP contribution in [0, 0.1) is 0 Å². The molecule has 1 saturated heterocycles. The number of rotatable bonds is 3. The summed E-state index contributed by atoms with van der Waals surface area (Å²) >= 11 is 12.0. The zero-order valence-corrected chi connectivity index (χ0v) is 12.7. The lowest BCUT2D eigenvalue weighted by molar-refractivity contribution is -0.0522. The Kier molecular flexibility index (Phi) is 4.32. The maximum atomic E-state index is 12.4. The second-order valence-electron chi connectivity index (χ2n) is 5.43. The summed E-state index contributed by atoms with van der Waals surface area (Å²) < 4.78 is 5.76. The van der Waals surface area contributed by atoms with Gasteiger partial charge in [-0.3, -0.25) is 9.69 Å². The second-order valence-corrected chi connectivity index (χ2v) is 6.27. The number of ether oxygens (including phenoxy) is 1. The third-order valence-electron chi connectivity index (χ3n) is 4.18. The van der Waals surface area contributed by atoms with E-state index in [0.29, 0.717) is 40.9 Å². The van der Waals surface area contributed by atoms with E-state index >= 15 is 0 Å². The maximum Gasteiger partial charge on any atom is 0.178 e. The zero-order chi connectivity index (χ0) is 14.1. The van der Waals surface area contributed by atoms with Crippen molar-refractivity contribution in [2.75, 3.05) is 19.7 Å². The minimum Gasteiger partial charge on any atom is -0.375 e. The summed E-state index contributed by atoms with van der Waals surface area (Å²) in [5, 5.41) is 0.979. The van der Waals surface area contributed by atoms with E-state index in [2.05, 4.69) is 4.90 Å². The molecule has 0 N–H and O–H groups in total. The highest BCUT2D eigenvalue weighted by atomic mass is 35.5. The highest BCUT2D eigenvalue weighted by Gasteiger charge is 2.36. The summed E-state index contributed by atoms with van der Waals surface area (Å²) in [6.45, 7) is 1.94. The molecule has 2 unspecified atom stereocenters. The van der Waals surface area contributed by atoms with Crippen molar-refractivity contribution in [3.63, 3.8) is 0 Å². The number of halogens is 2. The van der Waals surface area contributed by atoms with Crippen LogP contribution in [-0.2, 0) is 4.74 Å². The summed E-state index contributed by atoms with van der Waals surface area (Å²) in [6.07, 6.45) is 3.71. The largest absolute Gasteiger partial charge is 0.375 e. The number of carbonyl (C=O) groups excluding carboxylic acids is 1. The van der Waals surface area contributed by atoms with Crippen LogP contribution in [0.4, 0.5) is 0 Å². The molecule has 20 heavy (non-hydrogen) atoms. The normalized spacial score (nSPS) is 26.5. The molecule has 0 spiro atoms. The van der Waals surface area contributed by atoms with E-state index in [1.54, 1.807) is 18.2 Å². The number of morpholine rings is 1. The monoisotopic (exact) mass is 313 g/mol. The van der Waals surface area contributed by atoms with E-state index in [1.807, 2.05) is 0 Å². The minimum absolute atomic E-state index is 0.0548. The van der Waals surface area contributed by atoms with Crippen LogP contribution in [-0.4, -0.2) is 42.5 Å². The van der Waals surface area contributed by atoms with Crippen LogP contribution in [0.25, 0.3) is 0 Å². The summed E-state index contributed by atoms with van der Waals surface area (Å²) in [7, 11) is 0. The van der Waals surface area contributed by atoms with Gasteiger partial charge < -0.3 is 4.74 Å². The minimum atomic E-state index is 0.0548. The summed E-state index contributed by atoms with van der Waals surface area (Å²) in [4.78, 5) is 14.7. The number of carbonyl (C=O) groups is 1. The first-order valence-electron chi connectivity index (χ1n) is 6.99. The molecule has 1 saturated carbocycles. The highest BCUT2D eigenvalue weighted by Crippen LogP contribution is 2.30. The fourth-order valence-electron chi connectivity index (χ4n) is 3.19. The molecule has 1 aromatic rings. The van der Waals surface area contributed by atoms with E-state index < -0.39 is 0 Å². The van der Waals surface area contributed by atoms with E-state index in [1.165, 1.54) is 6.42 Å². The first kappa shape index (κ1) is 14.3. The standard InChI is InChI=1S/C15H17Cl2NO2/c16-10-4-5-11(12(17)8-10)14(19)9-18-6-7-20-15-3-1-2-13(15)18/h4-5,8,13,15H,1-3,6-7,9H2. The number of fused-ring (bicyclic) bond motifs is 1. The fourth-order valence-corrected chi connectivity index (χ4v) is 3.70. The number of benzene rings is 1. The summed E-state index contributed by atoms with van der Waals surface area (Å²) in [5.41, 5.74) is 0.553. The Balaban J connectivity index is 1.72. The number of nitrogens with zero attached hydrogens (tertiary/aromatic N) is 1. The van der Waals surface area contributed by atoms with Crippen molar-refractivity contribution in [3.05, 3.63) is 33.8 Å². The maximum absolute atomic E-state index is 12.4. The first-order valence-corrected chi connectivity index (χ1v) is 7.74. The van der Waals surface area contributed by atoms with Gasteiger partial charge in [0.2, 0.25) is 0 Å². The molecular formula is C15H17Cl2NO2. The number of hydrogen-bond acceptors (Lipinski definition) is 3. The van der Waals surface area contributed by atoms with E-state index in [0.717, 1.165) is 19.4 Å². The van der Waals surface area contributed by atoms with Gasteiger partial charge in [0.15, 0.2) is 5.78 Å². The molecule has 2 fully saturated rings. The average Bonchev–Trinajstić information content (AvgIpc) is 2.87. The lowest BCUT2D eigenvalue weighted by Crippen LogP contribution is -2.50. The number of ketones is 1. The van der Waals surface area contributed by atoms with E-state index in [9.17, 15) is 4.79 Å². The van der Waals surface area contributed by atoms with Gasteiger partial charge in [-0.05, 0) is 37.5 Å². The molecule has 0 bridgehead atoms. The fraction of sp³-hybridized carbons (Fsp3) is 0.533. The summed E-state index contributed by atoms with van der Waals surface area (Å²) in [6, 6.07) is 5.42. The van der Waals surface area contributed by atoms with Gasteiger partial charge in [0, 0.05) is 23.2 Å². The molecule has 0 radical (unpaired) electrons. The van der Waals surface area contributed by atoms with Crippen molar-refractivity contribution < 1.29 is 9.53 Å². The third-order valence-corrected chi connectivity index (χ3v) is 4.72. The highest BCUT2D eigenvalue weighted by molar-refractivity contribution is 6.36. The van der Waals surface area contributed by atoms with Crippen LogP contribution < -0.4 is 0 Å². The Bertz CT molecular complexity index is 521. The molecular weight excluding hydrogens is 297 g/mol. The van der Waals surface area contributed by atoms with Gasteiger partial charge in [0.1, 0.15) is 0 Å². The van der Waals surface area contributed by atoms with E-state index in [4.69, 9.17) is 27.9 Å². The van der Waals surface area contributed by atoms with Crippen molar-refractivity contribution in [3.8, 4) is 0 Å². The van der Waals surface area contributed by atoms with Gasteiger partial charge in [0.05, 0.1) is 24.3 Å². The molecule has 1 aliphatic heterocycles. The van der Waals surface area contributed by atoms with Crippen molar-refractivity contribution in [2.45, 2.75) is 31.4 Å². The molecule has 2 aliphatic rings. The van der Waals surface area contributed by atoms with Crippen LogP contribution in [0.3, 0.4) is 0 Å².